The highest BCUT2D eigenvalue weighted by atomic mass is 16.3. The van der Waals surface area contributed by atoms with E-state index in [1.165, 1.54) is 23.0 Å². The van der Waals surface area contributed by atoms with Crippen molar-refractivity contribution >= 4 is 23.1 Å². The number of carbonyl (C=O) groups excluding carboxylic acids is 1. The standard InChI is InChI=1S/C31H32N6O3/c1-35-17-27(34-29(31(35)40)37(16-19-5-6-19)23-14-32-33-15-23)25-3-2-4-28(26(25)18-38)36-12-11-22-13-21(20-7-8-20)9-10-24(22)30(36)39/h2-4,9-10,13-15,17,19-20,38H,5-8,11-12,16,18H2,1H3,(H,32,33). The smallest absolute Gasteiger partial charge is 0.293 e. The summed E-state index contributed by atoms with van der Waals surface area (Å²) >= 11 is 0. The predicted octanol–water partition coefficient (Wildman–Crippen LogP) is 4.29. The molecule has 0 bridgehead atoms. The van der Waals surface area contributed by atoms with E-state index in [-0.39, 0.29) is 18.1 Å². The van der Waals surface area contributed by atoms with Crippen LogP contribution < -0.4 is 15.4 Å². The number of H-pyrrole nitrogens is 1. The number of aliphatic hydroxyl groups is 1. The molecule has 2 aromatic carbocycles. The number of carbonyl (C=O) groups is 1. The lowest BCUT2D eigenvalue weighted by Gasteiger charge is -2.31. The minimum Gasteiger partial charge on any atom is -0.392 e. The van der Waals surface area contributed by atoms with Crippen LogP contribution in [0.15, 0.2) is 59.8 Å². The molecule has 2 N–H and O–H groups in total. The fourth-order valence-corrected chi connectivity index (χ4v) is 5.80. The number of amides is 1. The Kier molecular flexibility index (Phi) is 6.04. The summed E-state index contributed by atoms with van der Waals surface area (Å²) in [6.45, 7) is 0.955. The van der Waals surface area contributed by atoms with Crippen molar-refractivity contribution in [1.82, 2.24) is 19.7 Å². The van der Waals surface area contributed by atoms with Crippen LogP contribution in [0.4, 0.5) is 17.2 Å². The quantitative estimate of drug-likeness (QED) is 0.348. The summed E-state index contributed by atoms with van der Waals surface area (Å²) in [6.07, 6.45) is 10.6. The van der Waals surface area contributed by atoms with Crippen LogP contribution in [0.3, 0.4) is 0 Å². The van der Waals surface area contributed by atoms with Crippen molar-refractivity contribution in [2.24, 2.45) is 13.0 Å². The number of anilines is 3. The normalized spacial score (nSPS) is 16.8. The van der Waals surface area contributed by atoms with Crippen LogP contribution in [0, 0.1) is 5.92 Å². The molecule has 204 valence electrons. The average Bonchev–Trinajstić information content (AvgIpc) is 3.92. The van der Waals surface area contributed by atoms with Crippen molar-refractivity contribution in [3.63, 3.8) is 0 Å². The Labute approximate surface area is 232 Å². The number of aromatic nitrogens is 4. The fourth-order valence-electron chi connectivity index (χ4n) is 5.80. The summed E-state index contributed by atoms with van der Waals surface area (Å²) in [5, 5.41) is 17.5. The highest BCUT2D eigenvalue weighted by molar-refractivity contribution is 6.09. The molecule has 3 heterocycles. The molecule has 2 saturated carbocycles. The largest absolute Gasteiger partial charge is 0.392 e. The van der Waals surface area contributed by atoms with Gasteiger partial charge in [0.05, 0.1) is 29.9 Å². The fraction of sp³-hybridized carbons (Fsp3) is 0.355. The summed E-state index contributed by atoms with van der Waals surface area (Å²) in [4.78, 5) is 35.5. The molecular formula is C31H32N6O3. The van der Waals surface area contributed by atoms with Crippen LogP contribution in [0.2, 0.25) is 0 Å². The average molecular weight is 537 g/mol. The molecule has 0 radical (unpaired) electrons. The van der Waals surface area contributed by atoms with E-state index in [1.54, 1.807) is 30.5 Å². The molecule has 0 spiro atoms. The van der Waals surface area contributed by atoms with Crippen molar-refractivity contribution in [3.8, 4) is 11.3 Å². The lowest BCUT2D eigenvalue weighted by atomic mass is 9.93. The molecule has 1 aliphatic heterocycles. The maximum absolute atomic E-state index is 13.7. The van der Waals surface area contributed by atoms with Gasteiger partial charge in [-0.1, -0.05) is 24.3 Å². The van der Waals surface area contributed by atoms with E-state index < -0.39 is 0 Å². The molecule has 3 aliphatic rings. The Morgan fingerprint density at radius 2 is 1.95 bits per heavy atom. The third-order valence-electron chi connectivity index (χ3n) is 8.38. The molecule has 0 unspecified atom stereocenters. The zero-order chi connectivity index (χ0) is 27.4. The van der Waals surface area contributed by atoms with Crippen LogP contribution >= 0.6 is 0 Å². The molecule has 2 fully saturated rings. The SMILES string of the molecule is Cn1cc(-c2cccc(N3CCc4cc(C5CC5)ccc4C3=O)c2CO)nc(N(CC2CC2)c2cn[nH]c2)c1=O. The van der Waals surface area contributed by atoms with E-state index in [1.807, 2.05) is 29.2 Å². The second-order valence-electron chi connectivity index (χ2n) is 11.2. The molecule has 2 aromatic heterocycles. The topological polar surface area (TPSA) is 107 Å². The number of aromatic amines is 1. The minimum atomic E-state index is -0.268. The number of fused-ring (bicyclic) bond motifs is 1. The molecule has 0 saturated heterocycles. The van der Waals surface area contributed by atoms with Gasteiger partial charge in [0.15, 0.2) is 0 Å². The minimum absolute atomic E-state index is 0.0554. The number of hydrogen-bond donors (Lipinski definition) is 2. The van der Waals surface area contributed by atoms with Gasteiger partial charge in [0.1, 0.15) is 0 Å². The van der Waals surface area contributed by atoms with E-state index in [0.717, 1.165) is 36.1 Å². The van der Waals surface area contributed by atoms with Gasteiger partial charge in [-0.2, -0.15) is 5.10 Å². The second kappa shape index (κ2) is 9.75. The van der Waals surface area contributed by atoms with Crippen LogP contribution in [-0.4, -0.2) is 43.9 Å². The molecule has 0 atom stereocenters. The van der Waals surface area contributed by atoms with Gasteiger partial charge < -0.3 is 19.5 Å². The summed E-state index contributed by atoms with van der Waals surface area (Å²) < 4.78 is 1.53. The van der Waals surface area contributed by atoms with Crippen LogP contribution in [-0.2, 0) is 20.1 Å². The molecule has 9 heteroatoms. The van der Waals surface area contributed by atoms with Gasteiger partial charge in [-0.15, -0.1) is 0 Å². The molecule has 4 aromatic rings. The Morgan fingerprint density at radius 1 is 1.10 bits per heavy atom. The number of benzene rings is 2. The number of rotatable bonds is 8. The van der Waals surface area contributed by atoms with Crippen molar-refractivity contribution in [3.05, 3.63) is 87.6 Å². The third-order valence-corrected chi connectivity index (χ3v) is 8.38. The number of hydrogen-bond acceptors (Lipinski definition) is 6. The van der Waals surface area contributed by atoms with Gasteiger partial charge in [0, 0.05) is 49.2 Å². The zero-order valence-corrected chi connectivity index (χ0v) is 22.5. The van der Waals surface area contributed by atoms with Gasteiger partial charge in [-0.05, 0) is 67.2 Å². The highest BCUT2D eigenvalue weighted by Crippen LogP contribution is 2.41. The lowest BCUT2D eigenvalue weighted by Crippen LogP contribution is -2.38. The maximum atomic E-state index is 13.7. The number of aliphatic hydroxyl groups excluding tert-OH is 1. The van der Waals surface area contributed by atoms with E-state index in [0.29, 0.717) is 53.3 Å². The van der Waals surface area contributed by atoms with E-state index in [2.05, 4.69) is 22.3 Å². The molecular weight excluding hydrogens is 504 g/mol. The van der Waals surface area contributed by atoms with Crippen molar-refractivity contribution < 1.29 is 9.90 Å². The van der Waals surface area contributed by atoms with Crippen molar-refractivity contribution in [2.75, 3.05) is 22.9 Å². The van der Waals surface area contributed by atoms with Gasteiger partial charge in [-0.3, -0.25) is 14.7 Å². The molecule has 9 nitrogen and oxygen atoms in total. The van der Waals surface area contributed by atoms with Crippen molar-refractivity contribution in [2.45, 2.75) is 44.6 Å². The maximum Gasteiger partial charge on any atom is 0.293 e. The molecule has 2 aliphatic carbocycles. The Bertz CT molecular complexity index is 1650. The third kappa shape index (κ3) is 4.40. The first-order valence-corrected chi connectivity index (χ1v) is 14.0. The Hall–Kier alpha value is -4.24. The Balaban J connectivity index is 1.28. The number of nitrogens with zero attached hydrogens (tertiary/aromatic N) is 5. The second-order valence-corrected chi connectivity index (χ2v) is 11.2. The summed E-state index contributed by atoms with van der Waals surface area (Å²) in [7, 11) is 1.71. The van der Waals surface area contributed by atoms with Crippen LogP contribution in [0.5, 0.6) is 0 Å². The summed E-state index contributed by atoms with van der Waals surface area (Å²) in [5.41, 5.74) is 6.28. The van der Waals surface area contributed by atoms with Gasteiger partial charge in [0.25, 0.3) is 11.5 Å². The van der Waals surface area contributed by atoms with Crippen LogP contribution in [0.1, 0.15) is 58.6 Å². The van der Waals surface area contributed by atoms with E-state index in [9.17, 15) is 14.7 Å². The van der Waals surface area contributed by atoms with Crippen LogP contribution in [0.25, 0.3) is 11.3 Å². The van der Waals surface area contributed by atoms with Gasteiger partial charge in [-0.25, -0.2) is 4.98 Å². The van der Waals surface area contributed by atoms with Crippen molar-refractivity contribution in [1.29, 1.82) is 0 Å². The monoisotopic (exact) mass is 536 g/mol. The molecule has 40 heavy (non-hydrogen) atoms. The molecule has 7 rings (SSSR count). The first-order chi connectivity index (χ1) is 19.5. The first-order valence-electron chi connectivity index (χ1n) is 14.0. The summed E-state index contributed by atoms with van der Waals surface area (Å²) in [5.74, 6) is 1.41. The predicted molar refractivity (Wildman–Crippen MR) is 153 cm³/mol. The lowest BCUT2D eigenvalue weighted by molar-refractivity contribution is 0.0980. The number of aryl methyl sites for hydroxylation is 1. The highest BCUT2D eigenvalue weighted by Gasteiger charge is 2.31. The number of nitrogens with one attached hydrogen (secondary N) is 1. The molecule has 1 amide bonds. The van der Waals surface area contributed by atoms with E-state index in [4.69, 9.17) is 4.98 Å². The van der Waals surface area contributed by atoms with Gasteiger partial charge >= 0.3 is 0 Å². The zero-order valence-electron chi connectivity index (χ0n) is 22.5. The van der Waals surface area contributed by atoms with E-state index >= 15 is 0 Å². The Morgan fingerprint density at radius 3 is 2.67 bits per heavy atom. The van der Waals surface area contributed by atoms with Gasteiger partial charge in [0.2, 0.25) is 5.82 Å². The first kappa shape index (κ1) is 24.8. The summed E-state index contributed by atoms with van der Waals surface area (Å²) in [6, 6.07) is 11.9.